The lowest BCUT2D eigenvalue weighted by molar-refractivity contribution is 0.201. The molecule has 1 rings (SSSR count). The lowest BCUT2D eigenvalue weighted by Gasteiger charge is -2.09. The van der Waals surface area contributed by atoms with Crippen molar-refractivity contribution in [2.75, 3.05) is 6.61 Å². The van der Waals surface area contributed by atoms with Crippen LogP contribution in [0.25, 0.3) is 0 Å². The third-order valence-electron chi connectivity index (χ3n) is 1.83. The number of carbonyl (C=O) groups is 1. The maximum absolute atomic E-state index is 11.3. The van der Waals surface area contributed by atoms with Crippen molar-refractivity contribution in [3.63, 3.8) is 0 Å². The Labute approximate surface area is 106 Å². The normalized spacial score (nSPS) is 11.4. The first-order valence-electron chi connectivity index (χ1n) is 5.17. The van der Waals surface area contributed by atoms with Gasteiger partial charge in [-0.2, -0.15) is 12.6 Å². The van der Waals surface area contributed by atoms with Crippen molar-refractivity contribution in [3.8, 4) is 11.5 Å². The van der Waals surface area contributed by atoms with E-state index in [4.69, 9.17) is 9.47 Å². The number of hydrogen-bond acceptors (Lipinski definition) is 4. The highest BCUT2D eigenvalue weighted by Crippen LogP contribution is 2.17. The summed E-state index contributed by atoms with van der Waals surface area (Å²) in [5, 5.41) is 2.05. The second-order valence-electron chi connectivity index (χ2n) is 3.12. The van der Waals surface area contributed by atoms with Crippen LogP contribution in [0.5, 0.6) is 11.5 Å². The van der Waals surface area contributed by atoms with Gasteiger partial charge in [0, 0.05) is 0 Å². The highest BCUT2D eigenvalue weighted by atomic mass is 32.1. The van der Waals surface area contributed by atoms with Gasteiger partial charge in [0.05, 0.1) is 12.0 Å². The van der Waals surface area contributed by atoms with Crippen LogP contribution in [0.15, 0.2) is 36.9 Å². The van der Waals surface area contributed by atoms with Gasteiger partial charge in [0.25, 0.3) is 0 Å². The van der Waals surface area contributed by atoms with E-state index in [0.29, 0.717) is 12.4 Å². The predicted molar refractivity (Wildman–Crippen MR) is 69.7 cm³/mol. The van der Waals surface area contributed by atoms with Gasteiger partial charge in [0.15, 0.2) is 0 Å². The van der Waals surface area contributed by atoms with Gasteiger partial charge >= 0.3 is 6.09 Å². The summed E-state index contributed by atoms with van der Waals surface area (Å²) in [5.41, 5.74) is 0. The molecule has 1 unspecified atom stereocenters. The Morgan fingerprint density at radius 2 is 2.06 bits per heavy atom. The molecule has 0 radical (unpaired) electrons. The molecule has 92 valence electrons. The van der Waals surface area contributed by atoms with Gasteiger partial charge in [0.1, 0.15) is 11.5 Å². The second kappa shape index (κ2) is 6.85. The fourth-order valence-electron chi connectivity index (χ4n) is 1.09. The minimum absolute atomic E-state index is 0.426. The summed E-state index contributed by atoms with van der Waals surface area (Å²) in [6.07, 6.45) is 0.914. The Morgan fingerprint density at radius 3 is 2.59 bits per heavy atom. The van der Waals surface area contributed by atoms with Crippen LogP contribution >= 0.6 is 12.6 Å². The van der Waals surface area contributed by atoms with Gasteiger partial charge in [-0.15, -0.1) is 6.58 Å². The summed E-state index contributed by atoms with van der Waals surface area (Å²) in [6.45, 7) is 5.99. The van der Waals surface area contributed by atoms with Crippen molar-refractivity contribution in [2.45, 2.75) is 12.3 Å². The van der Waals surface area contributed by atoms with E-state index in [0.717, 1.165) is 5.75 Å². The topological polar surface area (TPSA) is 47.6 Å². The van der Waals surface area contributed by atoms with Crippen LogP contribution in [0.3, 0.4) is 0 Å². The predicted octanol–water partition coefficient (Wildman–Crippen LogP) is 2.62. The Hall–Kier alpha value is -1.62. The van der Waals surface area contributed by atoms with Crippen LogP contribution in [0.1, 0.15) is 6.92 Å². The molecule has 0 fully saturated rings. The van der Waals surface area contributed by atoms with Crippen molar-refractivity contribution in [1.82, 2.24) is 5.32 Å². The lowest BCUT2D eigenvalue weighted by Crippen LogP contribution is -2.31. The molecule has 0 saturated carbocycles. The molecule has 17 heavy (non-hydrogen) atoms. The number of thiol groups is 1. The summed E-state index contributed by atoms with van der Waals surface area (Å²) in [4.78, 5) is 11.3. The molecule has 0 spiro atoms. The van der Waals surface area contributed by atoms with Crippen molar-refractivity contribution >= 4 is 18.7 Å². The Bertz CT molecular complexity index is 378. The summed E-state index contributed by atoms with van der Waals surface area (Å²) < 4.78 is 10.3. The molecule has 4 nitrogen and oxygen atoms in total. The van der Waals surface area contributed by atoms with Gasteiger partial charge in [-0.05, 0) is 31.2 Å². The molecule has 1 aromatic rings. The van der Waals surface area contributed by atoms with Crippen molar-refractivity contribution in [3.05, 3.63) is 36.9 Å². The molecule has 0 bridgehead atoms. The zero-order valence-corrected chi connectivity index (χ0v) is 10.4. The van der Waals surface area contributed by atoms with Crippen LogP contribution in [-0.2, 0) is 0 Å². The van der Waals surface area contributed by atoms with Gasteiger partial charge in [-0.3, -0.25) is 0 Å². The lowest BCUT2D eigenvalue weighted by atomic mass is 10.3. The average molecular weight is 253 g/mol. The first kappa shape index (κ1) is 13.4. The van der Waals surface area contributed by atoms with Crippen LogP contribution < -0.4 is 14.8 Å². The third kappa shape index (κ3) is 4.82. The molecule has 1 aromatic carbocycles. The molecule has 1 N–H and O–H groups in total. The molecule has 0 aliphatic rings. The number of amides is 1. The Balaban J connectivity index is 2.51. The highest BCUT2D eigenvalue weighted by molar-refractivity contribution is 7.81. The second-order valence-corrected chi connectivity index (χ2v) is 3.68. The van der Waals surface area contributed by atoms with E-state index >= 15 is 0 Å². The van der Waals surface area contributed by atoms with Crippen molar-refractivity contribution < 1.29 is 14.3 Å². The average Bonchev–Trinajstić information content (AvgIpc) is 2.31. The SMILES string of the molecule is C=CC(S)NC(=O)Oc1ccc(OCC)cc1. The minimum atomic E-state index is -0.575. The van der Waals surface area contributed by atoms with E-state index in [1.54, 1.807) is 24.3 Å². The summed E-state index contributed by atoms with van der Waals surface area (Å²) in [6, 6.07) is 6.79. The first-order chi connectivity index (χ1) is 8.15. The van der Waals surface area contributed by atoms with Crippen LogP contribution in [0, 0.1) is 0 Å². The molecule has 1 atom stereocenters. The molecule has 0 heterocycles. The maximum Gasteiger partial charge on any atom is 0.413 e. The van der Waals surface area contributed by atoms with E-state index in [9.17, 15) is 4.79 Å². The fraction of sp³-hybridized carbons (Fsp3) is 0.250. The number of nitrogens with one attached hydrogen (secondary N) is 1. The van der Waals surface area contributed by atoms with E-state index in [1.807, 2.05) is 6.92 Å². The van der Waals surface area contributed by atoms with Gasteiger partial charge < -0.3 is 14.8 Å². The van der Waals surface area contributed by atoms with Crippen molar-refractivity contribution in [2.24, 2.45) is 0 Å². The minimum Gasteiger partial charge on any atom is -0.494 e. The largest absolute Gasteiger partial charge is 0.494 e. The highest BCUT2D eigenvalue weighted by Gasteiger charge is 2.06. The molecule has 0 aliphatic carbocycles. The monoisotopic (exact) mass is 253 g/mol. The molecule has 0 saturated heterocycles. The summed E-state index contributed by atoms with van der Waals surface area (Å²) >= 11 is 4.03. The van der Waals surface area contributed by atoms with E-state index in [2.05, 4.69) is 24.5 Å². The number of ether oxygens (including phenoxy) is 2. The van der Waals surface area contributed by atoms with Crippen LogP contribution in [0.2, 0.25) is 0 Å². The summed E-state index contributed by atoms with van der Waals surface area (Å²) in [7, 11) is 0. The van der Waals surface area contributed by atoms with Gasteiger partial charge in [0.2, 0.25) is 0 Å². The third-order valence-corrected chi connectivity index (χ3v) is 2.17. The zero-order chi connectivity index (χ0) is 12.7. The smallest absolute Gasteiger partial charge is 0.413 e. The fourth-order valence-corrected chi connectivity index (χ4v) is 1.19. The molecule has 5 heteroatoms. The maximum atomic E-state index is 11.3. The first-order valence-corrected chi connectivity index (χ1v) is 5.69. The quantitative estimate of drug-likeness (QED) is 0.482. The number of rotatable bonds is 5. The van der Waals surface area contributed by atoms with Crippen molar-refractivity contribution in [1.29, 1.82) is 0 Å². The Kier molecular flexibility index (Phi) is 5.42. The molecule has 0 aromatic heterocycles. The molecule has 0 aliphatic heterocycles. The van der Waals surface area contributed by atoms with Gasteiger partial charge in [-0.25, -0.2) is 4.79 Å². The summed E-state index contributed by atoms with van der Waals surface area (Å²) in [5.74, 6) is 1.17. The number of benzene rings is 1. The number of carbonyl (C=O) groups excluding carboxylic acids is 1. The standard InChI is InChI=1S/C12H15NO3S/c1-3-11(17)13-12(14)16-10-7-5-9(6-8-10)15-4-2/h3,5-8,11,17H,1,4H2,2H3,(H,13,14). The molecule has 1 amide bonds. The van der Waals surface area contributed by atoms with Gasteiger partial charge in [-0.1, -0.05) is 6.08 Å². The van der Waals surface area contributed by atoms with E-state index in [1.165, 1.54) is 6.08 Å². The van der Waals surface area contributed by atoms with Crippen LogP contribution in [-0.4, -0.2) is 18.1 Å². The number of hydrogen-bond donors (Lipinski definition) is 2. The molecular formula is C12H15NO3S. The van der Waals surface area contributed by atoms with E-state index < -0.39 is 11.5 Å². The van der Waals surface area contributed by atoms with Crippen LogP contribution in [0.4, 0.5) is 4.79 Å². The zero-order valence-electron chi connectivity index (χ0n) is 9.55. The van der Waals surface area contributed by atoms with E-state index in [-0.39, 0.29) is 0 Å². The Morgan fingerprint density at radius 1 is 1.47 bits per heavy atom. The molecular weight excluding hydrogens is 238 g/mol.